The van der Waals surface area contributed by atoms with Crippen molar-refractivity contribution in [3.63, 3.8) is 0 Å². The van der Waals surface area contributed by atoms with E-state index in [9.17, 15) is 9.59 Å². The molecule has 0 aliphatic carbocycles. The first kappa shape index (κ1) is 13.5. The highest BCUT2D eigenvalue weighted by Gasteiger charge is 2.27. The summed E-state index contributed by atoms with van der Waals surface area (Å²) in [6, 6.07) is 3.42. The Balaban J connectivity index is 1.75. The van der Waals surface area contributed by atoms with Crippen molar-refractivity contribution >= 4 is 11.8 Å². The molecule has 0 bridgehead atoms. The average molecular weight is 262 g/mol. The van der Waals surface area contributed by atoms with Crippen molar-refractivity contribution in [1.29, 1.82) is 0 Å². The molecular formula is C13H18N4O2. The molecule has 102 valence electrons. The molecule has 1 aliphatic heterocycles. The molecule has 0 radical (unpaired) electrons. The molecule has 2 heterocycles. The number of carbonyl (C=O) groups is 2. The Morgan fingerprint density at radius 1 is 1.58 bits per heavy atom. The smallest absolute Gasteiger partial charge is 0.252 e. The summed E-state index contributed by atoms with van der Waals surface area (Å²) in [5.41, 5.74) is 6.08. The standard InChI is InChI=1S/C13H18N4O2/c14-7-10-6-12(18)17(9-10)5-4-16-13(19)11-2-1-3-15-8-11/h1-3,8,10H,4-7,9,14H2,(H,16,19). The van der Waals surface area contributed by atoms with Gasteiger partial charge >= 0.3 is 0 Å². The van der Waals surface area contributed by atoms with Gasteiger partial charge in [0.2, 0.25) is 5.91 Å². The lowest BCUT2D eigenvalue weighted by Crippen LogP contribution is -2.36. The van der Waals surface area contributed by atoms with Gasteiger partial charge in [0.25, 0.3) is 5.91 Å². The minimum absolute atomic E-state index is 0.117. The van der Waals surface area contributed by atoms with Gasteiger partial charge < -0.3 is 16.0 Å². The maximum Gasteiger partial charge on any atom is 0.252 e. The van der Waals surface area contributed by atoms with E-state index in [0.29, 0.717) is 38.2 Å². The van der Waals surface area contributed by atoms with Crippen LogP contribution in [0.4, 0.5) is 0 Å². The van der Waals surface area contributed by atoms with E-state index in [4.69, 9.17) is 5.73 Å². The van der Waals surface area contributed by atoms with Gasteiger partial charge in [-0.1, -0.05) is 0 Å². The first-order chi connectivity index (χ1) is 9.20. The van der Waals surface area contributed by atoms with E-state index in [2.05, 4.69) is 10.3 Å². The van der Waals surface area contributed by atoms with Crippen LogP contribution in [-0.2, 0) is 4.79 Å². The van der Waals surface area contributed by atoms with E-state index in [1.54, 1.807) is 23.2 Å². The predicted molar refractivity (Wildman–Crippen MR) is 70.3 cm³/mol. The first-order valence-electron chi connectivity index (χ1n) is 6.36. The van der Waals surface area contributed by atoms with Crippen LogP contribution in [0.25, 0.3) is 0 Å². The number of aromatic nitrogens is 1. The van der Waals surface area contributed by atoms with Gasteiger partial charge in [-0.3, -0.25) is 14.6 Å². The van der Waals surface area contributed by atoms with Crippen LogP contribution in [0.2, 0.25) is 0 Å². The monoisotopic (exact) mass is 262 g/mol. The molecule has 6 nitrogen and oxygen atoms in total. The molecule has 3 N–H and O–H groups in total. The molecule has 1 saturated heterocycles. The molecular weight excluding hydrogens is 244 g/mol. The molecule has 1 aromatic rings. The van der Waals surface area contributed by atoms with Gasteiger partial charge in [-0.2, -0.15) is 0 Å². The molecule has 2 rings (SSSR count). The number of rotatable bonds is 5. The van der Waals surface area contributed by atoms with E-state index in [-0.39, 0.29) is 17.7 Å². The number of hydrogen-bond donors (Lipinski definition) is 2. The summed E-state index contributed by atoms with van der Waals surface area (Å²) in [6.45, 7) is 2.19. The lowest BCUT2D eigenvalue weighted by atomic mass is 10.1. The Morgan fingerprint density at radius 3 is 3.05 bits per heavy atom. The van der Waals surface area contributed by atoms with Crippen LogP contribution in [0.1, 0.15) is 16.8 Å². The molecule has 1 aliphatic rings. The van der Waals surface area contributed by atoms with Gasteiger partial charge in [0.05, 0.1) is 5.56 Å². The fourth-order valence-corrected chi connectivity index (χ4v) is 2.13. The van der Waals surface area contributed by atoms with Crippen LogP contribution in [0.5, 0.6) is 0 Å². The van der Waals surface area contributed by atoms with Crippen LogP contribution in [0, 0.1) is 5.92 Å². The summed E-state index contributed by atoms with van der Waals surface area (Å²) in [5, 5.41) is 2.78. The largest absolute Gasteiger partial charge is 0.350 e. The Kier molecular flexibility index (Phi) is 4.46. The normalized spacial score (nSPS) is 18.7. The summed E-state index contributed by atoms with van der Waals surface area (Å²) < 4.78 is 0. The molecule has 6 heteroatoms. The highest BCUT2D eigenvalue weighted by atomic mass is 16.2. The Hall–Kier alpha value is -1.95. The number of amides is 2. The fourth-order valence-electron chi connectivity index (χ4n) is 2.13. The maximum absolute atomic E-state index is 11.7. The molecule has 0 saturated carbocycles. The molecule has 0 aromatic carbocycles. The second-order valence-electron chi connectivity index (χ2n) is 4.64. The van der Waals surface area contributed by atoms with Gasteiger partial charge in [-0.05, 0) is 24.6 Å². The number of nitrogens with two attached hydrogens (primary N) is 1. The summed E-state index contributed by atoms with van der Waals surface area (Å²) in [5.74, 6) is 0.197. The highest BCUT2D eigenvalue weighted by molar-refractivity contribution is 5.93. The van der Waals surface area contributed by atoms with Crippen molar-refractivity contribution in [2.75, 3.05) is 26.2 Å². The van der Waals surface area contributed by atoms with Crippen molar-refractivity contribution in [1.82, 2.24) is 15.2 Å². The van der Waals surface area contributed by atoms with Crippen LogP contribution in [0.15, 0.2) is 24.5 Å². The maximum atomic E-state index is 11.7. The number of carbonyl (C=O) groups excluding carboxylic acids is 2. The minimum atomic E-state index is -0.171. The average Bonchev–Trinajstić information content (AvgIpc) is 2.80. The van der Waals surface area contributed by atoms with E-state index in [1.807, 2.05) is 0 Å². The molecule has 0 spiro atoms. The summed E-state index contributed by atoms with van der Waals surface area (Å²) >= 11 is 0. The second kappa shape index (κ2) is 6.29. The molecule has 1 atom stereocenters. The second-order valence-corrected chi connectivity index (χ2v) is 4.64. The van der Waals surface area contributed by atoms with Gasteiger partial charge in [0.15, 0.2) is 0 Å². The van der Waals surface area contributed by atoms with Gasteiger partial charge in [0.1, 0.15) is 0 Å². The minimum Gasteiger partial charge on any atom is -0.350 e. The SMILES string of the molecule is NCC1CC(=O)N(CCNC(=O)c2cccnc2)C1. The van der Waals surface area contributed by atoms with E-state index in [1.165, 1.54) is 6.20 Å². The molecule has 1 aromatic heterocycles. The first-order valence-corrected chi connectivity index (χ1v) is 6.36. The summed E-state index contributed by atoms with van der Waals surface area (Å²) in [4.78, 5) is 29.0. The van der Waals surface area contributed by atoms with E-state index < -0.39 is 0 Å². The zero-order valence-corrected chi connectivity index (χ0v) is 10.7. The van der Waals surface area contributed by atoms with Gasteiger partial charge in [0, 0.05) is 38.4 Å². The quantitative estimate of drug-likeness (QED) is 0.757. The Labute approximate surface area is 112 Å². The number of pyridine rings is 1. The molecule has 2 amide bonds. The fraction of sp³-hybridized carbons (Fsp3) is 0.462. The zero-order valence-electron chi connectivity index (χ0n) is 10.7. The zero-order chi connectivity index (χ0) is 13.7. The molecule has 19 heavy (non-hydrogen) atoms. The van der Waals surface area contributed by atoms with Crippen molar-refractivity contribution in [2.24, 2.45) is 11.7 Å². The van der Waals surface area contributed by atoms with Crippen LogP contribution in [0.3, 0.4) is 0 Å². The lowest BCUT2D eigenvalue weighted by Gasteiger charge is -2.16. The summed E-state index contributed by atoms with van der Waals surface area (Å²) in [6.07, 6.45) is 3.65. The highest BCUT2D eigenvalue weighted by Crippen LogP contribution is 2.15. The van der Waals surface area contributed by atoms with E-state index >= 15 is 0 Å². The van der Waals surface area contributed by atoms with Crippen molar-refractivity contribution in [2.45, 2.75) is 6.42 Å². The van der Waals surface area contributed by atoms with Crippen LogP contribution in [-0.4, -0.2) is 47.9 Å². The Bertz CT molecular complexity index is 449. The van der Waals surface area contributed by atoms with E-state index in [0.717, 1.165) is 0 Å². The number of nitrogens with zero attached hydrogens (tertiary/aromatic N) is 2. The lowest BCUT2D eigenvalue weighted by molar-refractivity contribution is -0.127. The van der Waals surface area contributed by atoms with Gasteiger partial charge in [-0.15, -0.1) is 0 Å². The van der Waals surface area contributed by atoms with Crippen molar-refractivity contribution in [3.05, 3.63) is 30.1 Å². The topological polar surface area (TPSA) is 88.3 Å². The third kappa shape index (κ3) is 3.51. The van der Waals surface area contributed by atoms with Crippen LogP contribution >= 0.6 is 0 Å². The number of likely N-dealkylation sites (tertiary alicyclic amines) is 1. The number of hydrogen-bond acceptors (Lipinski definition) is 4. The summed E-state index contributed by atoms with van der Waals surface area (Å²) in [7, 11) is 0. The molecule has 1 fully saturated rings. The predicted octanol–water partition coefficient (Wildman–Crippen LogP) is -0.381. The third-order valence-corrected chi connectivity index (χ3v) is 3.22. The van der Waals surface area contributed by atoms with Crippen LogP contribution < -0.4 is 11.1 Å². The van der Waals surface area contributed by atoms with Crippen molar-refractivity contribution in [3.8, 4) is 0 Å². The van der Waals surface area contributed by atoms with Crippen molar-refractivity contribution < 1.29 is 9.59 Å². The molecule has 1 unspecified atom stereocenters. The third-order valence-electron chi connectivity index (χ3n) is 3.22. The Morgan fingerprint density at radius 2 is 2.42 bits per heavy atom. The number of nitrogens with one attached hydrogen (secondary N) is 1. The van der Waals surface area contributed by atoms with Gasteiger partial charge in [-0.25, -0.2) is 0 Å².